The van der Waals surface area contributed by atoms with E-state index in [1.54, 1.807) is 6.20 Å². The second-order valence-corrected chi connectivity index (χ2v) is 3.11. The highest BCUT2D eigenvalue weighted by atomic mass is 16.5. The van der Waals surface area contributed by atoms with Crippen LogP contribution in [0.3, 0.4) is 0 Å². The molecular weight excluding hydrogens is 166 g/mol. The molecule has 1 aliphatic heterocycles. The first-order valence-corrected chi connectivity index (χ1v) is 4.44. The molecule has 0 amide bonds. The Hall–Kier alpha value is -1.38. The summed E-state index contributed by atoms with van der Waals surface area (Å²) in [6.45, 7) is 0.779. The Labute approximate surface area is 76.7 Å². The number of carbonyl (C=O) groups excluding carboxylic acids is 1. The van der Waals surface area contributed by atoms with Gasteiger partial charge >= 0.3 is 0 Å². The maximum atomic E-state index is 10.3. The van der Waals surface area contributed by atoms with Gasteiger partial charge in [-0.05, 0) is 24.5 Å². The molecule has 3 heteroatoms. The van der Waals surface area contributed by atoms with E-state index in [4.69, 9.17) is 4.74 Å². The van der Waals surface area contributed by atoms with E-state index in [1.807, 2.05) is 6.07 Å². The Morgan fingerprint density at radius 2 is 2.54 bits per heavy atom. The quantitative estimate of drug-likeness (QED) is 0.636. The summed E-state index contributed by atoms with van der Waals surface area (Å²) >= 11 is 0. The summed E-state index contributed by atoms with van der Waals surface area (Å²) in [5.74, 6) is 0.876. The number of aromatic nitrogens is 1. The number of pyridine rings is 1. The molecule has 2 rings (SSSR count). The van der Waals surface area contributed by atoms with Crippen molar-refractivity contribution in [2.75, 3.05) is 6.61 Å². The zero-order valence-electron chi connectivity index (χ0n) is 7.32. The van der Waals surface area contributed by atoms with Gasteiger partial charge in [-0.3, -0.25) is 4.98 Å². The fourth-order valence-corrected chi connectivity index (χ4v) is 1.50. The van der Waals surface area contributed by atoms with Crippen LogP contribution in [0, 0.1) is 0 Å². The maximum Gasteiger partial charge on any atom is 0.140 e. The van der Waals surface area contributed by atoms with Crippen LogP contribution < -0.4 is 4.74 Å². The van der Waals surface area contributed by atoms with Gasteiger partial charge in [-0.15, -0.1) is 0 Å². The van der Waals surface area contributed by atoms with Gasteiger partial charge in [-0.1, -0.05) is 0 Å². The largest absolute Gasteiger partial charge is 0.492 e. The molecule has 1 aromatic rings. The van der Waals surface area contributed by atoms with Gasteiger partial charge in [0.1, 0.15) is 12.0 Å². The number of nitrogens with zero attached hydrogens (tertiary/aromatic N) is 1. The lowest BCUT2D eigenvalue weighted by Crippen LogP contribution is -2.09. The first kappa shape index (κ1) is 8.23. The predicted octanol–water partition coefficient (Wildman–Crippen LogP) is 1.15. The Bertz CT molecular complexity index is 323. The van der Waals surface area contributed by atoms with Crippen LogP contribution in [-0.2, 0) is 17.6 Å². The van der Waals surface area contributed by atoms with Crippen LogP contribution in [0.2, 0.25) is 0 Å². The average Bonchev–Trinajstić information content (AvgIpc) is 2.18. The first-order valence-electron chi connectivity index (χ1n) is 4.44. The minimum Gasteiger partial charge on any atom is -0.492 e. The van der Waals surface area contributed by atoms with Crippen molar-refractivity contribution >= 4 is 6.29 Å². The van der Waals surface area contributed by atoms with E-state index in [0.717, 1.165) is 37.2 Å². The van der Waals surface area contributed by atoms with Crippen molar-refractivity contribution in [3.05, 3.63) is 23.5 Å². The van der Waals surface area contributed by atoms with E-state index in [1.165, 1.54) is 5.56 Å². The number of carbonyl (C=O) groups is 1. The SMILES string of the molecule is O=CCc1cc2c(cn1)OCCC2. The van der Waals surface area contributed by atoms with Gasteiger partial charge in [0.2, 0.25) is 0 Å². The van der Waals surface area contributed by atoms with Gasteiger partial charge in [0.25, 0.3) is 0 Å². The average molecular weight is 177 g/mol. The summed E-state index contributed by atoms with van der Waals surface area (Å²) in [5, 5.41) is 0. The fraction of sp³-hybridized carbons (Fsp3) is 0.400. The van der Waals surface area contributed by atoms with E-state index < -0.39 is 0 Å². The Balaban J connectivity index is 2.29. The van der Waals surface area contributed by atoms with Crippen LogP contribution in [0.1, 0.15) is 17.7 Å². The number of aldehydes is 1. The summed E-state index contributed by atoms with van der Waals surface area (Å²) < 4.78 is 5.41. The van der Waals surface area contributed by atoms with Gasteiger partial charge < -0.3 is 9.53 Å². The molecule has 0 aliphatic carbocycles. The molecule has 68 valence electrons. The Morgan fingerprint density at radius 1 is 1.62 bits per heavy atom. The minimum absolute atomic E-state index is 0.396. The van der Waals surface area contributed by atoms with Crippen molar-refractivity contribution in [3.63, 3.8) is 0 Å². The number of fused-ring (bicyclic) bond motifs is 1. The molecule has 1 aromatic heterocycles. The molecule has 0 radical (unpaired) electrons. The molecular formula is C10H11NO2. The second kappa shape index (κ2) is 3.56. The van der Waals surface area contributed by atoms with E-state index in [9.17, 15) is 4.79 Å². The topological polar surface area (TPSA) is 39.2 Å². The molecule has 0 bridgehead atoms. The van der Waals surface area contributed by atoms with Crippen LogP contribution in [0.5, 0.6) is 5.75 Å². The maximum absolute atomic E-state index is 10.3. The Kier molecular flexibility index (Phi) is 2.25. The van der Waals surface area contributed by atoms with Crippen LogP contribution in [0.25, 0.3) is 0 Å². The molecule has 13 heavy (non-hydrogen) atoms. The van der Waals surface area contributed by atoms with E-state index in [2.05, 4.69) is 4.98 Å². The van der Waals surface area contributed by atoms with Crippen molar-refractivity contribution < 1.29 is 9.53 Å². The monoisotopic (exact) mass is 177 g/mol. The van der Waals surface area contributed by atoms with E-state index >= 15 is 0 Å². The molecule has 0 saturated heterocycles. The number of ether oxygens (including phenoxy) is 1. The van der Waals surface area contributed by atoms with Gasteiger partial charge in [0.15, 0.2) is 0 Å². The van der Waals surface area contributed by atoms with Crippen LogP contribution in [-0.4, -0.2) is 17.9 Å². The molecule has 2 heterocycles. The van der Waals surface area contributed by atoms with Crippen molar-refractivity contribution in [3.8, 4) is 5.75 Å². The first-order chi connectivity index (χ1) is 6.40. The minimum atomic E-state index is 0.396. The fourth-order valence-electron chi connectivity index (χ4n) is 1.50. The van der Waals surface area contributed by atoms with Gasteiger partial charge in [-0.25, -0.2) is 0 Å². The number of aryl methyl sites for hydroxylation is 1. The molecule has 1 aliphatic rings. The zero-order valence-corrected chi connectivity index (χ0v) is 7.32. The third kappa shape index (κ3) is 1.69. The lowest BCUT2D eigenvalue weighted by atomic mass is 10.1. The predicted molar refractivity (Wildman–Crippen MR) is 47.8 cm³/mol. The summed E-state index contributed by atoms with van der Waals surface area (Å²) in [7, 11) is 0. The van der Waals surface area contributed by atoms with Crippen molar-refractivity contribution in [1.29, 1.82) is 0 Å². The van der Waals surface area contributed by atoms with Gasteiger partial charge in [0, 0.05) is 12.1 Å². The number of rotatable bonds is 2. The molecule has 0 unspecified atom stereocenters. The lowest BCUT2D eigenvalue weighted by Gasteiger charge is -2.16. The third-order valence-corrected chi connectivity index (χ3v) is 2.15. The van der Waals surface area contributed by atoms with Crippen molar-refractivity contribution in [2.24, 2.45) is 0 Å². The summed E-state index contributed by atoms with van der Waals surface area (Å²) in [5.41, 5.74) is 2.01. The highest BCUT2D eigenvalue weighted by Crippen LogP contribution is 2.23. The smallest absolute Gasteiger partial charge is 0.140 e. The molecule has 3 nitrogen and oxygen atoms in total. The number of hydrogen-bond acceptors (Lipinski definition) is 3. The lowest BCUT2D eigenvalue weighted by molar-refractivity contribution is -0.107. The normalized spacial score (nSPS) is 14.5. The molecule has 0 spiro atoms. The summed E-state index contributed by atoms with van der Waals surface area (Å²) in [6, 6.07) is 1.96. The molecule has 0 saturated carbocycles. The highest BCUT2D eigenvalue weighted by molar-refractivity contribution is 5.54. The third-order valence-electron chi connectivity index (χ3n) is 2.15. The second-order valence-electron chi connectivity index (χ2n) is 3.11. The zero-order chi connectivity index (χ0) is 9.10. The summed E-state index contributed by atoms with van der Waals surface area (Å²) in [6.07, 6.45) is 5.07. The van der Waals surface area contributed by atoms with E-state index in [-0.39, 0.29) is 0 Å². The molecule has 0 atom stereocenters. The van der Waals surface area contributed by atoms with Crippen LogP contribution in [0.15, 0.2) is 12.3 Å². The molecule has 0 N–H and O–H groups in total. The van der Waals surface area contributed by atoms with Gasteiger partial charge in [0.05, 0.1) is 12.8 Å². The highest BCUT2D eigenvalue weighted by Gasteiger charge is 2.10. The van der Waals surface area contributed by atoms with Crippen LogP contribution >= 0.6 is 0 Å². The Morgan fingerprint density at radius 3 is 3.38 bits per heavy atom. The summed E-state index contributed by atoms with van der Waals surface area (Å²) in [4.78, 5) is 14.4. The van der Waals surface area contributed by atoms with Crippen molar-refractivity contribution in [2.45, 2.75) is 19.3 Å². The van der Waals surface area contributed by atoms with Gasteiger partial charge in [-0.2, -0.15) is 0 Å². The van der Waals surface area contributed by atoms with E-state index in [0.29, 0.717) is 6.42 Å². The van der Waals surface area contributed by atoms with Crippen LogP contribution in [0.4, 0.5) is 0 Å². The number of hydrogen-bond donors (Lipinski definition) is 0. The standard InChI is InChI=1S/C10H11NO2/c12-4-3-9-6-8-2-1-5-13-10(8)7-11-9/h4,6-7H,1-3,5H2. The molecule has 0 aromatic carbocycles. The van der Waals surface area contributed by atoms with Crippen molar-refractivity contribution in [1.82, 2.24) is 4.98 Å². The molecule has 0 fully saturated rings.